The summed E-state index contributed by atoms with van der Waals surface area (Å²) in [5.74, 6) is 0.691. The van der Waals surface area contributed by atoms with Crippen LogP contribution in [0.15, 0.2) is 12.3 Å². The SMILES string of the molecule is CCn1nccc1CNCC(C)(C)C(C)C. The van der Waals surface area contributed by atoms with Crippen molar-refractivity contribution in [2.24, 2.45) is 11.3 Å². The average molecular weight is 223 g/mol. The van der Waals surface area contributed by atoms with Crippen LogP contribution in [0.3, 0.4) is 0 Å². The van der Waals surface area contributed by atoms with Crippen LogP contribution in [0, 0.1) is 11.3 Å². The number of aryl methyl sites for hydroxylation is 1. The highest BCUT2D eigenvalue weighted by Crippen LogP contribution is 2.24. The number of rotatable bonds is 6. The minimum atomic E-state index is 0.344. The molecule has 0 fully saturated rings. The number of hydrogen-bond donors (Lipinski definition) is 1. The lowest BCUT2D eigenvalue weighted by molar-refractivity contribution is 0.237. The molecule has 0 saturated heterocycles. The molecule has 3 nitrogen and oxygen atoms in total. The molecule has 0 spiro atoms. The normalized spacial score (nSPS) is 12.4. The van der Waals surface area contributed by atoms with Gasteiger partial charge >= 0.3 is 0 Å². The van der Waals surface area contributed by atoms with E-state index in [1.165, 1.54) is 5.69 Å². The Balaban J connectivity index is 2.41. The molecule has 1 aromatic heterocycles. The third-order valence-corrected chi connectivity index (χ3v) is 3.55. The van der Waals surface area contributed by atoms with E-state index in [4.69, 9.17) is 0 Å². The Morgan fingerprint density at radius 3 is 2.69 bits per heavy atom. The topological polar surface area (TPSA) is 29.9 Å². The summed E-state index contributed by atoms with van der Waals surface area (Å²) in [6.45, 7) is 14.2. The number of aromatic nitrogens is 2. The van der Waals surface area contributed by atoms with Crippen molar-refractivity contribution >= 4 is 0 Å². The van der Waals surface area contributed by atoms with Gasteiger partial charge in [-0.3, -0.25) is 4.68 Å². The van der Waals surface area contributed by atoms with Gasteiger partial charge in [-0.05, 0) is 24.3 Å². The molecule has 16 heavy (non-hydrogen) atoms. The molecule has 0 aliphatic carbocycles. The predicted molar refractivity (Wildman–Crippen MR) is 68.2 cm³/mol. The van der Waals surface area contributed by atoms with Crippen molar-refractivity contribution in [3.05, 3.63) is 18.0 Å². The molecule has 3 heteroatoms. The van der Waals surface area contributed by atoms with Crippen LogP contribution in [0.2, 0.25) is 0 Å². The van der Waals surface area contributed by atoms with Crippen LogP contribution < -0.4 is 5.32 Å². The highest BCUT2D eigenvalue weighted by atomic mass is 15.3. The lowest BCUT2D eigenvalue weighted by Crippen LogP contribution is -2.33. The molecule has 0 unspecified atom stereocenters. The van der Waals surface area contributed by atoms with Gasteiger partial charge in [0.2, 0.25) is 0 Å². The predicted octanol–water partition coefficient (Wildman–Crippen LogP) is 2.67. The standard InChI is InChI=1S/C13H25N3/c1-6-16-12(7-8-15-16)9-14-10-13(4,5)11(2)3/h7-8,11,14H,6,9-10H2,1-5H3. The molecule has 0 aliphatic rings. The van der Waals surface area contributed by atoms with Crippen molar-refractivity contribution in [2.75, 3.05) is 6.54 Å². The Bertz CT molecular complexity index is 313. The Labute approximate surface area is 99.2 Å². The summed E-state index contributed by atoms with van der Waals surface area (Å²) in [6, 6.07) is 2.08. The molecule has 1 heterocycles. The van der Waals surface area contributed by atoms with Gasteiger partial charge in [0, 0.05) is 25.8 Å². The molecule has 1 rings (SSSR count). The van der Waals surface area contributed by atoms with Crippen LogP contribution in [-0.4, -0.2) is 16.3 Å². The van der Waals surface area contributed by atoms with Crippen molar-refractivity contribution < 1.29 is 0 Å². The number of nitrogens with one attached hydrogen (secondary N) is 1. The van der Waals surface area contributed by atoms with Crippen molar-refractivity contribution in [3.63, 3.8) is 0 Å². The fraction of sp³-hybridized carbons (Fsp3) is 0.769. The molecule has 0 atom stereocenters. The van der Waals surface area contributed by atoms with Gasteiger partial charge in [0.15, 0.2) is 0 Å². The van der Waals surface area contributed by atoms with E-state index in [-0.39, 0.29) is 0 Å². The van der Waals surface area contributed by atoms with E-state index in [1.807, 2.05) is 10.9 Å². The maximum atomic E-state index is 4.26. The number of hydrogen-bond acceptors (Lipinski definition) is 2. The fourth-order valence-corrected chi connectivity index (χ4v) is 1.51. The van der Waals surface area contributed by atoms with Gasteiger partial charge in [-0.2, -0.15) is 5.10 Å². The fourth-order valence-electron chi connectivity index (χ4n) is 1.51. The van der Waals surface area contributed by atoms with Crippen molar-refractivity contribution in [1.29, 1.82) is 0 Å². The second kappa shape index (κ2) is 5.48. The second-order valence-electron chi connectivity index (χ2n) is 5.39. The Morgan fingerprint density at radius 1 is 1.44 bits per heavy atom. The monoisotopic (exact) mass is 223 g/mol. The van der Waals surface area contributed by atoms with Gasteiger partial charge in [0.05, 0.1) is 5.69 Å². The first-order chi connectivity index (χ1) is 7.47. The molecule has 0 aliphatic heterocycles. The first kappa shape index (κ1) is 13.2. The summed E-state index contributed by atoms with van der Waals surface area (Å²) < 4.78 is 2.04. The Kier molecular flexibility index (Phi) is 4.54. The van der Waals surface area contributed by atoms with Crippen LogP contribution in [-0.2, 0) is 13.1 Å². The van der Waals surface area contributed by atoms with Crippen LogP contribution >= 0.6 is 0 Å². The van der Waals surface area contributed by atoms with Crippen LogP contribution in [0.1, 0.15) is 40.3 Å². The lowest BCUT2D eigenvalue weighted by atomic mass is 9.81. The summed E-state index contributed by atoms with van der Waals surface area (Å²) in [5.41, 5.74) is 1.61. The zero-order chi connectivity index (χ0) is 12.2. The number of nitrogens with zero attached hydrogens (tertiary/aromatic N) is 2. The third kappa shape index (κ3) is 3.34. The molecule has 0 radical (unpaired) electrons. The summed E-state index contributed by atoms with van der Waals surface area (Å²) in [5, 5.41) is 7.78. The van der Waals surface area contributed by atoms with E-state index in [2.05, 4.69) is 51.1 Å². The summed E-state index contributed by atoms with van der Waals surface area (Å²) in [4.78, 5) is 0. The van der Waals surface area contributed by atoms with Crippen LogP contribution in [0.4, 0.5) is 0 Å². The van der Waals surface area contributed by atoms with Gasteiger partial charge in [0.1, 0.15) is 0 Å². The van der Waals surface area contributed by atoms with Crippen molar-refractivity contribution in [1.82, 2.24) is 15.1 Å². The quantitative estimate of drug-likeness (QED) is 0.803. The minimum absolute atomic E-state index is 0.344. The molecule has 0 amide bonds. The average Bonchev–Trinajstić information content (AvgIpc) is 2.64. The van der Waals surface area contributed by atoms with Crippen LogP contribution in [0.5, 0.6) is 0 Å². The van der Waals surface area contributed by atoms with E-state index in [0.717, 1.165) is 19.6 Å². The van der Waals surface area contributed by atoms with Crippen LogP contribution in [0.25, 0.3) is 0 Å². The maximum absolute atomic E-state index is 4.26. The first-order valence-corrected chi connectivity index (χ1v) is 6.18. The van der Waals surface area contributed by atoms with E-state index in [0.29, 0.717) is 11.3 Å². The summed E-state index contributed by atoms with van der Waals surface area (Å²) in [6.07, 6.45) is 1.87. The molecular formula is C13H25N3. The van der Waals surface area contributed by atoms with Gasteiger partial charge in [-0.15, -0.1) is 0 Å². The van der Waals surface area contributed by atoms with Crippen molar-refractivity contribution in [2.45, 2.75) is 47.7 Å². The lowest BCUT2D eigenvalue weighted by Gasteiger charge is -2.29. The molecule has 92 valence electrons. The molecule has 1 N–H and O–H groups in total. The molecule has 1 aromatic rings. The molecule has 0 saturated carbocycles. The molecule has 0 bridgehead atoms. The highest BCUT2D eigenvalue weighted by Gasteiger charge is 2.21. The minimum Gasteiger partial charge on any atom is -0.311 e. The van der Waals surface area contributed by atoms with E-state index in [9.17, 15) is 0 Å². The zero-order valence-corrected chi connectivity index (χ0v) is 11.2. The molecule has 0 aromatic carbocycles. The Morgan fingerprint density at radius 2 is 2.12 bits per heavy atom. The summed E-state index contributed by atoms with van der Waals surface area (Å²) >= 11 is 0. The van der Waals surface area contributed by atoms with Gasteiger partial charge in [-0.1, -0.05) is 27.7 Å². The van der Waals surface area contributed by atoms with E-state index in [1.54, 1.807) is 0 Å². The summed E-state index contributed by atoms with van der Waals surface area (Å²) in [7, 11) is 0. The Hall–Kier alpha value is -0.830. The largest absolute Gasteiger partial charge is 0.311 e. The third-order valence-electron chi connectivity index (χ3n) is 3.55. The zero-order valence-electron chi connectivity index (χ0n) is 11.2. The van der Waals surface area contributed by atoms with E-state index >= 15 is 0 Å². The second-order valence-corrected chi connectivity index (χ2v) is 5.39. The molecular weight excluding hydrogens is 198 g/mol. The van der Waals surface area contributed by atoms with Gasteiger partial charge in [0.25, 0.3) is 0 Å². The van der Waals surface area contributed by atoms with Gasteiger partial charge < -0.3 is 5.32 Å². The first-order valence-electron chi connectivity index (χ1n) is 6.18. The van der Waals surface area contributed by atoms with Crippen molar-refractivity contribution in [3.8, 4) is 0 Å². The van der Waals surface area contributed by atoms with E-state index < -0.39 is 0 Å². The maximum Gasteiger partial charge on any atom is 0.0521 e. The smallest absolute Gasteiger partial charge is 0.0521 e. The van der Waals surface area contributed by atoms with Gasteiger partial charge in [-0.25, -0.2) is 0 Å². The highest BCUT2D eigenvalue weighted by molar-refractivity contribution is 5.00.